The van der Waals surface area contributed by atoms with Crippen LogP contribution in [0.4, 0.5) is 0 Å². The minimum Gasteiger partial charge on any atom is -0.456 e. The predicted molar refractivity (Wildman–Crippen MR) is 195 cm³/mol. The van der Waals surface area contributed by atoms with Crippen LogP contribution in [0.3, 0.4) is 0 Å². The summed E-state index contributed by atoms with van der Waals surface area (Å²) < 4.78 is 6.11. The number of fused-ring (bicyclic) bond motifs is 3. The van der Waals surface area contributed by atoms with Crippen molar-refractivity contribution in [2.75, 3.05) is 0 Å². The number of hydrogen-bond donors (Lipinski definition) is 0. The van der Waals surface area contributed by atoms with E-state index in [2.05, 4.69) is 76.7 Å². The molecule has 6 nitrogen and oxygen atoms in total. The van der Waals surface area contributed by atoms with E-state index >= 15 is 0 Å². The van der Waals surface area contributed by atoms with E-state index in [1.54, 1.807) is 12.4 Å². The first-order valence-corrected chi connectivity index (χ1v) is 16.1. The number of pyridine rings is 2. The number of rotatable bonds is 6. The molecule has 0 aliphatic rings. The van der Waals surface area contributed by atoms with Gasteiger partial charge in [0.1, 0.15) is 11.2 Å². The third-order valence-corrected chi connectivity index (χ3v) is 8.70. The van der Waals surface area contributed by atoms with Crippen molar-refractivity contribution < 1.29 is 4.42 Å². The zero-order chi connectivity index (χ0) is 32.6. The van der Waals surface area contributed by atoms with Crippen LogP contribution < -0.4 is 0 Å². The highest BCUT2D eigenvalue weighted by molar-refractivity contribution is 6.06. The molecule has 9 aromatic rings. The van der Waals surface area contributed by atoms with E-state index in [9.17, 15) is 0 Å². The Hall–Kier alpha value is -6.79. The maximum Gasteiger partial charge on any atom is 0.164 e. The Kier molecular flexibility index (Phi) is 7.02. The smallest absolute Gasteiger partial charge is 0.164 e. The SMILES string of the molecule is c1ccc(-c2nc(-c3cc(-c4ccc(-c5cccnc5)cc4)cc(-c4cccnc4)c3)nc(-c3ccc4oc5ccccc5c4c3)n2)cc1. The highest BCUT2D eigenvalue weighted by Crippen LogP contribution is 2.35. The van der Waals surface area contributed by atoms with E-state index in [1.807, 2.05) is 85.2 Å². The minimum absolute atomic E-state index is 0.583. The molecule has 9 rings (SSSR count). The summed E-state index contributed by atoms with van der Waals surface area (Å²) in [6, 6.07) is 47.3. The largest absolute Gasteiger partial charge is 0.456 e. The predicted octanol–water partition coefficient (Wildman–Crippen LogP) is 10.6. The molecule has 4 heterocycles. The van der Waals surface area contributed by atoms with E-state index in [1.165, 1.54) is 0 Å². The van der Waals surface area contributed by atoms with Crippen molar-refractivity contribution >= 4 is 21.9 Å². The molecule has 0 amide bonds. The monoisotopic (exact) mass is 629 g/mol. The van der Waals surface area contributed by atoms with Crippen molar-refractivity contribution in [1.29, 1.82) is 0 Å². The normalized spacial score (nSPS) is 11.3. The van der Waals surface area contributed by atoms with Crippen molar-refractivity contribution in [3.8, 4) is 67.5 Å². The Bertz CT molecular complexity index is 2580. The van der Waals surface area contributed by atoms with Gasteiger partial charge in [0.05, 0.1) is 0 Å². The molecule has 4 aromatic heterocycles. The molecular weight excluding hydrogens is 603 g/mol. The molecule has 5 aromatic carbocycles. The van der Waals surface area contributed by atoms with Gasteiger partial charge in [0, 0.05) is 57.8 Å². The van der Waals surface area contributed by atoms with Gasteiger partial charge < -0.3 is 4.42 Å². The van der Waals surface area contributed by atoms with Gasteiger partial charge in [-0.1, -0.05) is 84.9 Å². The summed E-state index contributed by atoms with van der Waals surface area (Å²) in [6.07, 6.45) is 7.34. The van der Waals surface area contributed by atoms with Crippen LogP contribution in [0.25, 0.3) is 89.5 Å². The topological polar surface area (TPSA) is 77.6 Å². The highest BCUT2D eigenvalue weighted by atomic mass is 16.3. The average molecular weight is 630 g/mol. The molecule has 0 saturated carbocycles. The van der Waals surface area contributed by atoms with E-state index in [-0.39, 0.29) is 0 Å². The summed E-state index contributed by atoms with van der Waals surface area (Å²) in [5, 5.41) is 2.08. The van der Waals surface area contributed by atoms with Gasteiger partial charge in [0.25, 0.3) is 0 Å². The van der Waals surface area contributed by atoms with Crippen molar-refractivity contribution in [2.24, 2.45) is 0 Å². The number of para-hydroxylation sites is 1. The zero-order valence-electron chi connectivity index (χ0n) is 26.2. The number of hydrogen-bond acceptors (Lipinski definition) is 6. The Morgan fingerprint density at radius 1 is 0.327 bits per heavy atom. The van der Waals surface area contributed by atoms with Crippen molar-refractivity contribution in [3.63, 3.8) is 0 Å². The Morgan fingerprint density at radius 2 is 0.837 bits per heavy atom. The first-order chi connectivity index (χ1) is 24.2. The van der Waals surface area contributed by atoms with Crippen LogP contribution in [-0.4, -0.2) is 24.9 Å². The molecule has 0 saturated heterocycles. The van der Waals surface area contributed by atoms with Gasteiger partial charge >= 0.3 is 0 Å². The molecule has 0 bridgehead atoms. The van der Waals surface area contributed by atoms with Gasteiger partial charge in [-0.05, 0) is 82.4 Å². The minimum atomic E-state index is 0.583. The first kappa shape index (κ1) is 28.4. The molecule has 0 aliphatic carbocycles. The number of furan rings is 1. The second-order valence-electron chi connectivity index (χ2n) is 11.8. The maximum absolute atomic E-state index is 6.11. The van der Waals surface area contributed by atoms with Crippen molar-refractivity contribution in [3.05, 3.63) is 164 Å². The van der Waals surface area contributed by atoms with E-state index in [0.29, 0.717) is 17.5 Å². The lowest BCUT2D eigenvalue weighted by molar-refractivity contribution is 0.669. The van der Waals surface area contributed by atoms with Crippen LogP contribution >= 0.6 is 0 Å². The fourth-order valence-corrected chi connectivity index (χ4v) is 6.23. The standard InChI is InChI=1S/C43H27N5O/c1-2-8-30(9-3-1)41-46-42(31-18-19-40-38(25-31)37-12-4-5-13-39(37)49-40)48-43(47-41)36-23-34(22-35(24-36)33-11-7-21-45-27-33)29-16-14-28(15-17-29)32-10-6-20-44-26-32/h1-27H. The summed E-state index contributed by atoms with van der Waals surface area (Å²) >= 11 is 0. The van der Waals surface area contributed by atoms with Crippen LogP contribution in [0.2, 0.25) is 0 Å². The molecule has 0 spiro atoms. The molecule has 230 valence electrons. The Labute approximate surface area is 282 Å². The van der Waals surface area contributed by atoms with Crippen molar-refractivity contribution in [2.45, 2.75) is 0 Å². The van der Waals surface area contributed by atoms with E-state index < -0.39 is 0 Å². The van der Waals surface area contributed by atoms with Crippen LogP contribution in [0.15, 0.2) is 169 Å². The summed E-state index contributed by atoms with van der Waals surface area (Å²) in [6.45, 7) is 0. The van der Waals surface area contributed by atoms with E-state index in [0.717, 1.165) is 72.0 Å². The summed E-state index contributed by atoms with van der Waals surface area (Å²) in [5.41, 5.74) is 10.7. The van der Waals surface area contributed by atoms with E-state index in [4.69, 9.17) is 19.4 Å². The Balaban J connectivity index is 1.22. The quantitative estimate of drug-likeness (QED) is 0.182. The van der Waals surface area contributed by atoms with Gasteiger partial charge in [0.2, 0.25) is 0 Å². The number of benzene rings is 5. The van der Waals surface area contributed by atoms with Crippen molar-refractivity contribution in [1.82, 2.24) is 24.9 Å². The van der Waals surface area contributed by atoms with Crippen LogP contribution in [-0.2, 0) is 0 Å². The molecule has 0 unspecified atom stereocenters. The van der Waals surface area contributed by atoms with Gasteiger partial charge in [0.15, 0.2) is 17.5 Å². The lowest BCUT2D eigenvalue weighted by atomic mass is 9.95. The molecule has 0 radical (unpaired) electrons. The fourth-order valence-electron chi connectivity index (χ4n) is 6.23. The molecule has 0 N–H and O–H groups in total. The average Bonchev–Trinajstić information content (AvgIpc) is 3.57. The molecule has 49 heavy (non-hydrogen) atoms. The second kappa shape index (κ2) is 12.1. The first-order valence-electron chi connectivity index (χ1n) is 16.1. The molecule has 0 fully saturated rings. The highest BCUT2D eigenvalue weighted by Gasteiger charge is 2.16. The summed E-state index contributed by atoms with van der Waals surface area (Å²) in [5.74, 6) is 1.78. The molecule has 6 heteroatoms. The maximum atomic E-state index is 6.11. The number of aromatic nitrogens is 5. The lowest BCUT2D eigenvalue weighted by Crippen LogP contribution is -2.00. The second-order valence-corrected chi connectivity index (χ2v) is 11.8. The third kappa shape index (κ3) is 5.51. The summed E-state index contributed by atoms with van der Waals surface area (Å²) in [7, 11) is 0. The lowest BCUT2D eigenvalue weighted by Gasteiger charge is -2.13. The molecule has 0 atom stereocenters. The third-order valence-electron chi connectivity index (χ3n) is 8.70. The zero-order valence-corrected chi connectivity index (χ0v) is 26.2. The van der Waals surface area contributed by atoms with Gasteiger partial charge in [-0.15, -0.1) is 0 Å². The Morgan fingerprint density at radius 3 is 1.53 bits per heavy atom. The fraction of sp³-hybridized carbons (Fsp3) is 0. The van der Waals surface area contributed by atoms with Crippen LogP contribution in [0.1, 0.15) is 0 Å². The van der Waals surface area contributed by atoms with Gasteiger partial charge in [-0.2, -0.15) is 0 Å². The van der Waals surface area contributed by atoms with Crippen LogP contribution in [0, 0.1) is 0 Å². The van der Waals surface area contributed by atoms with Gasteiger partial charge in [-0.3, -0.25) is 9.97 Å². The summed E-state index contributed by atoms with van der Waals surface area (Å²) in [4.78, 5) is 23.9. The number of nitrogens with zero attached hydrogens (tertiary/aromatic N) is 5. The molecular formula is C43H27N5O. The van der Waals surface area contributed by atoms with Crippen LogP contribution in [0.5, 0.6) is 0 Å². The van der Waals surface area contributed by atoms with Gasteiger partial charge in [-0.25, -0.2) is 15.0 Å². The molecule has 0 aliphatic heterocycles.